The summed E-state index contributed by atoms with van der Waals surface area (Å²) in [6.45, 7) is 5.16. The second kappa shape index (κ2) is 9.76. The van der Waals surface area contributed by atoms with Crippen LogP contribution in [0.15, 0.2) is 24.5 Å². The number of likely N-dealkylation sites (N-methyl/N-ethyl adjacent to an activating group) is 1. The van der Waals surface area contributed by atoms with Crippen LogP contribution in [0.2, 0.25) is 0 Å². The largest absolute Gasteiger partial charge is 0.383 e. The number of methoxy groups -OCH3 is 1. The van der Waals surface area contributed by atoms with E-state index < -0.39 is 0 Å². The zero-order chi connectivity index (χ0) is 21.8. The summed E-state index contributed by atoms with van der Waals surface area (Å²) in [5, 5.41) is 11.0. The molecule has 164 valence electrons. The molecule has 0 saturated carbocycles. The van der Waals surface area contributed by atoms with E-state index in [0.717, 1.165) is 71.3 Å². The maximum Gasteiger partial charge on any atom is 0.228 e. The SMILES string of the molecule is COCCN(C)C1CCN(C(=O)Cc2cc3cc(-c4nnc(C)s4)cnc3cn2)CC1. The highest BCUT2D eigenvalue weighted by atomic mass is 32.1. The van der Waals surface area contributed by atoms with Gasteiger partial charge in [0.2, 0.25) is 5.91 Å². The Labute approximate surface area is 186 Å². The number of carbonyl (C=O) groups excluding carboxylic acids is 1. The Morgan fingerprint density at radius 1 is 1.23 bits per heavy atom. The molecule has 1 aliphatic rings. The molecule has 0 radical (unpaired) electrons. The topological polar surface area (TPSA) is 84.3 Å². The first-order valence-electron chi connectivity index (χ1n) is 10.6. The van der Waals surface area contributed by atoms with Gasteiger partial charge in [0.15, 0.2) is 0 Å². The second-order valence-corrected chi connectivity index (χ2v) is 9.16. The fraction of sp³-hybridized carbons (Fsp3) is 0.500. The first kappa shape index (κ1) is 21.7. The first-order chi connectivity index (χ1) is 15.0. The normalized spacial score (nSPS) is 15.2. The number of piperidine rings is 1. The molecule has 0 bridgehead atoms. The number of likely N-dealkylation sites (tertiary alicyclic amines) is 1. The average Bonchev–Trinajstić information content (AvgIpc) is 3.23. The van der Waals surface area contributed by atoms with Crippen LogP contribution in [0, 0.1) is 6.92 Å². The van der Waals surface area contributed by atoms with E-state index in [4.69, 9.17) is 4.74 Å². The van der Waals surface area contributed by atoms with Gasteiger partial charge in [0.05, 0.1) is 30.4 Å². The summed E-state index contributed by atoms with van der Waals surface area (Å²) in [5.41, 5.74) is 2.51. The highest BCUT2D eigenvalue weighted by Crippen LogP contribution is 2.25. The number of aromatic nitrogens is 4. The van der Waals surface area contributed by atoms with Crippen molar-refractivity contribution in [3.63, 3.8) is 0 Å². The highest BCUT2D eigenvalue weighted by Gasteiger charge is 2.25. The molecule has 0 N–H and O–H groups in total. The van der Waals surface area contributed by atoms with Crippen LogP contribution < -0.4 is 0 Å². The van der Waals surface area contributed by atoms with Gasteiger partial charge in [-0.1, -0.05) is 11.3 Å². The van der Waals surface area contributed by atoms with Crippen LogP contribution >= 0.6 is 11.3 Å². The lowest BCUT2D eigenvalue weighted by Crippen LogP contribution is -2.46. The lowest BCUT2D eigenvalue weighted by molar-refractivity contribution is -0.132. The number of hydrogen-bond donors (Lipinski definition) is 0. The zero-order valence-corrected chi connectivity index (χ0v) is 19.1. The molecule has 0 spiro atoms. The van der Waals surface area contributed by atoms with E-state index in [9.17, 15) is 4.79 Å². The molecule has 0 aliphatic carbocycles. The number of aryl methyl sites for hydroxylation is 1. The summed E-state index contributed by atoms with van der Waals surface area (Å²) in [6, 6.07) is 4.51. The summed E-state index contributed by atoms with van der Waals surface area (Å²) in [6.07, 6.45) is 5.83. The molecular formula is C22H28N6O2S. The average molecular weight is 441 g/mol. The summed E-state index contributed by atoms with van der Waals surface area (Å²) in [7, 11) is 3.86. The lowest BCUT2D eigenvalue weighted by atomic mass is 10.0. The fourth-order valence-electron chi connectivity index (χ4n) is 3.94. The van der Waals surface area contributed by atoms with Gasteiger partial charge in [-0.15, -0.1) is 10.2 Å². The minimum Gasteiger partial charge on any atom is -0.383 e. The van der Waals surface area contributed by atoms with Crippen LogP contribution in [-0.2, 0) is 16.0 Å². The Bertz CT molecular complexity index is 1050. The van der Waals surface area contributed by atoms with Gasteiger partial charge >= 0.3 is 0 Å². The molecule has 1 fully saturated rings. The van der Waals surface area contributed by atoms with Crippen molar-refractivity contribution in [2.45, 2.75) is 32.2 Å². The Hall–Kier alpha value is -2.49. The molecule has 1 amide bonds. The van der Waals surface area contributed by atoms with E-state index >= 15 is 0 Å². The minimum absolute atomic E-state index is 0.133. The summed E-state index contributed by atoms with van der Waals surface area (Å²) in [4.78, 5) is 26.1. The Morgan fingerprint density at radius 3 is 2.74 bits per heavy atom. The number of ether oxygens (including phenoxy) is 1. The summed E-state index contributed by atoms with van der Waals surface area (Å²) in [5.74, 6) is 0.133. The summed E-state index contributed by atoms with van der Waals surface area (Å²) < 4.78 is 5.17. The van der Waals surface area contributed by atoms with Gasteiger partial charge in [-0.05, 0) is 38.9 Å². The Morgan fingerprint density at radius 2 is 2.03 bits per heavy atom. The molecule has 1 aliphatic heterocycles. The van der Waals surface area contributed by atoms with E-state index in [-0.39, 0.29) is 5.91 Å². The molecule has 0 aromatic carbocycles. The van der Waals surface area contributed by atoms with E-state index in [2.05, 4.69) is 32.1 Å². The highest BCUT2D eigenvalue weighted by molar-refractivity contribution is 7.14. The van der Waals surface area contributed by atoms with E-state index in [0.29, 0.717) is 12.5 Å². The number of nitrogens with zero attached hydrogens (tertiary/aromatic N) is 6. The lowest BCUT2D eigenvalue weighted by Gasteiger charge is -2.36. The number of carbonyl (C=O) groups is 1. The van der Waals surface area contributed by atoms with Gasteiger partial charge in [0, 0.05) is 49.9 Å². The smallest absolute Gasteiger partial charge is 0.228 e. The van der Waals surface area contributed by atoms with Crippen LogP contribution in [0.25, 0.3) is 21.5 Å². The third kappa shape index (κ3) is 5.23. The molecule has 3 aromatic heterocycles. The zero-order valence-electron chi connectivity index (χ0n) is 18.2. The molecule has 0 unspecified atom stereocenters. The summed E-state index contributed by atoms with van der Waals surface area (Å²) >= 11 is 1.54. The Balaban J connectivity index is 1.39. The molecule has 31 heavy (non-hydrogen) atoms. The number of amides is 1. The Kier molecular flexibility index (Phi) is 6.84. The molecule has 8 nitrogen and oxygen atoms in total. The van der Waals surface area contributed by atoms with Crippen LogP contribution in [0.5, 0.6) is 0 Å². The first-order valence-corrected chi connectivity index (χ1v) is 11.4. The van der Waals surface area contributed by atoms with Gasteiger partial charge in [0.1, 0.15) is 10.0 Å². The van der Waals surface area contributed by atoms with Gasteiger partial charge in [-0.2, -0.15) is 0 Å². The second-order valence-electron chi connectivity index (χ2n) is 7.98. The van der Waals surface area contributed by atoms with Crippen molar-refractivity contribution in [2.75, 3.05) is 40.4 Å². The van der Waals surface area contributed by atoms with E-state index in [1.165, 1.54) is 0 Å². The van der Waals surface area contributed by atoms with Gasteiger partial charge < -0.3 is 14.5 Å². The van der Waals surface area contributed by atoms with Crippen molar-refractivity contribution < 1.29 is 9.53 Å². The minimum atomic E-state index is 0.133. The molecular weight excluding hydrogens is 412 g/mol. The standard InChI is InChI=1S/C22H28N6O2S/c1-15-25-26-22(31-15)17-10-16-11-18(23-14-20(16)24-13-17)12-21(29)28-6-4-19(5-7-28)27(2)8-9-30-3/h10-11,13-14,19H,4-9,12H2,1-3H3. The molecule has 4 heterocycles. The number of fused-ring (bicyclic) bond motifs is 1. The number of hydrogen-bond acceptors (Lipinski definition) is 8. The van der Waals surface area contributed by atoms with E-state index in [1.807, 2.05) is 24.0 Å². The number of pyridine rings is 2. The van der Waals surface area contributed by atoms with Crippen molar-refractivity contribution in [2.24, 2.45) is 0 Å². The molecule has 0 atom stereocenters. The third-order valence-corrected chi connectivity index (χ3v) is 6.71. The van der Waals surface area contributed by atoms with Gasteiger partial charge in [-0.3, -0.25) is 14.8 Å². The molecule has 9 heteroatoms. The fourth-order valence-corrected chi connectivity index (χ4v) is 4.62. The van der Waals surface area contributed by atoms with Crippen LogP contribution in [0.3, 0.4) is 0 Å². The quantitative estimate of drug-likeness (QED) is 0.558. The number of rotatable bonds is 7. The molecule has 4 rings (SSSR count). The van der Waals surface area contributed by atoms with Crippen molar-refractivity contribution in [1.29, 1.82) is 0 Å². The van der Waals surface area contributed by atoms with Crippen molar-refractivity contribution in [3.05, 3.63) is 35.2 Å². The maximum atomic E-state index is 12.9. The maximum absolute atomic E-state index is 12.9. The van der Waals surface area contributed by atoms with Gasteiger partial charge in [0.25, 0.3) is 0 Å². The van der Waals surface area contributed by atoms with Crippen LogP contribution in [0.4, 0.5) is 0 Å². The predicted molar refractivity (Wildman–Crippen MR) is 121 cm³/mol. The van der Waals surface area contributed by atoms with Crippen LogP contribution in [-0.4, -0.2) is 82.3 Å². The van der Waals surface area contributed by atoms with E-state index in [1.54, 1.807) is 30.8 Å². The van der Waals surface area contributed by atoms with Crippen molar-refractivity contribution >= 4 is 28.1 Å². The van der Waals surface area contributed by atoms with Crippen molar-refractivity contribution in [3.8, 4) is 10.6 Å². The molecule has 3 aromatic rings. The molecule has 1 saturated heterocycles. The third-order valence-electron chi connectivity index (χ3n) is 5.82. The monoisotopic (exact) mass is 440 g/mol. The van der Waals surface area contributed by atoms with Gasteiger partial charge in [-0.25, -0.2) is 0 Å². The van der Waals surface area contributed by atoms with Crippen LogP contribution in [0.1, 0.15) is 23.5 Å². The van der Waals surface area contributed by atoms with Crippen molar-refractivity contribution in [1.82, 2.24) is 30.0 Å². The predicted octanol–water partition coefficient (Wildman–Crippen LogP) is 2.57.